The summed E-state index contributed by atoms with van der Waals surface area (Å²) in [6.45, 7) is 5.44. The molecule has 0 fully saturated rings. The number of rotatable bonds is 3. The van der Waals surface area contributed by atoms with Crippen LogP contribution in [0.25, 0.3) is 0 Å². The Balaban J connectivity index is 2.72. The van der Waals surface area contributed by atoms with E-state index in [9.17, 15) is 14.0 Å². The third-order valence-electron chi connectivity index (χ3n) is 3.93. The van der Waals surface area contributed by atoms with Crippen molar-refractivity contribution in [3.8, 4) is 0 Å². The van der Waals surface area contributed by atoms with Crippen molar-refractivity contribution in [3.63, 3.8) is 0 Å². The van der Waals surface area contributed by atoms with Crippen molar-refractivity contribution in [1.29, 1.82) is 0 Å². The first kappa shape index (κ1) is 14.4. The van der Waals surface area contributed by atoms with Crippen LogP contribution in [0.1, 0.15) is 35.7 Å². The molecule has 4 heteroatoms. The van der Waals surface area contributed by atoms with E-state index in [0.717, 1.165) is 0 Å². The van der Waals surface area contributed by atoms with Gasteiger partial charge in [0, 0.05) is 11.5 Å². The number of ketones is 1. The number of benzene rings is 1. The molecule has 0 heterocycles. The molecular weight excluding hydrogens is 259 g/mol. The summed E-state index contributed by atoms with van der Waals surface area (Å²) >= 11 is 0. The Hall–Kier alpha value is -1.97. The molecular formula is C16H17FO3. The van der Waals surface area contributed by atoms with Gasteiger partial charge in [-0.2, -0.15) is 0 Å². The summed E-state index contributed by atoms with van der Waals surface area (Å²) in [5, 5.41) is 0. The average molecular weight is 276 g/mol. The molecule has 1 aromatic carbocycles. The van der Waals surface area contributed by atoms with Crippen LogP contribution in [-0.2, 0) is 14.9 Å². The molecule has 2 atom stereocenters. The standard InChI is InChI=1S/C16H17FO3/c1-4-7-16(15(19)20-3)9-10(2)14(18)12-6-5-11(17)8-13(12)16/h4-6,8,10H,1,7,9H2,2-3H3. The largest absolute Gasteiger partial charge is 0.468 e. The minimum Gasteiger partial charge on any atom is -0.468 e. The summed E-state index contributed by atoms with van der Waals surface area (Å²) < 4.78 is 18.5. The number of allylic oxidation sites excluding steroid dienone is 1. The number of ether oxygens (including phenoxy) is 1. The fourth-order valence-corrected chi connectivity index (χ4v) is 3.03. The third kappa shape index (κ3) is 2.05. The van der Waals surface area contributed by atoms with E-state index in [-0.39, 0.29) is 11.7 Å². The van der Waals surface area contributed by atoms with E-state index in [1.807, 2.05) is 0 Å². The fourth-order valence-electron chi connectivity index (χ4n) is 3.03. The van der Waals surface area contributed by atoms with Crippen LogP contribution in [0.4, 0.5) is 4.39 Å². The van der Waals surface area contributed by atoms with Crippen molar-refractivity contribution in [3.05, 3.63) is 47.8 Å². The van der Waals surface area contributed by atoms with Gasteiger partial charge < -0.3 is 4.74 Å². The first-order valence-electron chi connectivity index (χ1n) is 6.50. The Morgan fingerprint density at radius 2 is 2.30 bits per heavy atom. The predicted molar refractivity (Wildman–Crippen MR) is 73.0 cm³/mol. The molecule has 2 rings (SSSR count). The smallest absolute Gasteiger partial charge is 0.316 e. The second kappa shape index (κ2) is 5.19. The Kier molecular flexibility index (Phi) is 3.75. The number of methoxy groups -OCH3 is 1. The van der Waals surface area contributed by atoms with Gasteiger partial charge in [0.15, 0.2) is 5.78 Å². The van der Waals surface area contributed by atoms with Crippen LogP contribution in [0.3, 0.4) is 0 Å². The summed E-state index contributed by atoms with van der Waals surface area (Å²) in [5.74, 6) is -1.30. The molecule has 1 aromatic rings. The number of esters is 1. The molecule has 0 spiro atoms. The number of hydrogen-bond donors (Lipinski definition) is 0. The highest BCUT2D eigenvalue weighted by atomic mass is 19.1. The van der Waals surface area contributed by atoms with E-state index in [4.69, 9.17) is 4.74 Å². The summed E-state index contributed by atoms with van der Waals surface area (Å²) in [5.41, 5.74) is -0.217. The first-order chi connectivity index (χ1) is 9.46. The van der Waals surface area contributed by atoms with E-state index in [1.54, 1.807) is 13.0 Å². The zero-order chi connectivity index (χ0) is 14.9. The second-order valence-electron chi connectivity index (χ2n) is 5.23. The van der Waals surface area contributed by atoms with Crippen molar-refractivity contribution in [1.82, 2.24) is 0 Å². The normalized spacial score (nSPS) is 24.9. The van der Waals surface area contributed by atoms with Crippen LogP contribution < -0.4 is 0 Å². The van der Waals surface area contributed by atoms with E-state index in [0.29, 0.717) is 24.0 Å². The van der Waals surface area contributed by atoms with Gasteiger partial charge >= 0.3 is 5.97 Å². The highest BCUT2D eigenvalue weighted by molar-refractivity contribution is 6.03. The molecule has 0 radical (unpaired) electrons. The van der Waals surface area contributed by atoms with E-state index >= 15 is 0 Å². The summed E-state index contributed by atoms with van der Waals surface area (Å²) in [6.07, 6.45) is 2.23. The van der Waals surface area contributed by atoms with E-state index in [2.05, 4.69) is 6.58 Å². The molecule has 0 saturated carbocycles. The van der Waals surface area contributed by atoms with Crippen molar-refractivity contribution in [2.24, 2.45) is 5.92 Å². The van der Waals surface area contributed by atoms with E-state index < -0.39 is 17.2 Å². The van der Waals surface area contributed by atoms with Crippen LogP contribution in [0, 0.1) is 11.7 Å². The molecule has 1 aliphatic carbocycles. The van der Waals surface area contributed by atoms with Crippen LogP contribution in [0.5, 0.6) is 0 Å². The maximum Gasteiger partial charge on any atom is 0.316 e. The predicted octanol–water partition coefficient (Wildman–Crippen LogP) is 3.04. The number of carbonyl (C=O) groups excluding carboxylic acids is 2. The van der Waals surface area contributed by atoms with Gasteiger partial charge in [-0.1, -0.05) is 13.0 Å². The highest BCUT2D eigenvalue weighted by Gasteiger charge is 2.48. The SMILES string of the molecule is C=CCC1(C(=O)OC)CC(C)C(=O)c2ccc(F)cc21. The van der Waals surface area contributed by atoms with Crippen molar-refractivity contribution < 1.29 is 18.7 Å². The van der Waals surface area contributed by atoms with Gasteiger partial charge in [0.05, 0.1) is 12.5 Å². The monoisotopic (exact) mass is 276 g/mol. The minimum absolute atomic E-state index is 0.0661. The maximum atomic E-state index is 13.6. The maximum absolute atomic E-state index is 13.6. The molecule has 0 N–H and O–H groups in total. The first-order valence-corrected chi connectivity index (χ1v) is 6.50. The van der Waals surface area contributed by atoms with Gasteiger partial charge in [-0.15, -0.1) is 6.58 Å². The Bertz CT molecular complexity index is 579. The summed E-state index contributed by atoms with van der Waals surface area (Å²) in [4.78, 5) is 24.5. The molecule has 1 aliphatic rings. The molecule has 0 aliphatic heterocycles. The van der Waals surface area contributed by atoms with Gasteiger partial charge in [-0.25, -0.2) is 4.39 Å². The topological polar surface area (TPSA) is 43.4 Å². The van der Waals surface area contributed by atoms with Gasteiger partial charge in [-0.05, 0) is 36.6 Å². The van der Waals surface area contributed by atoms with Crippen LogP contribution in [-0.4, -0.2) is 18.9 Å². The zero-order valence-corrected chi connectivity index (χ0v) is 11.6. The Morgan fingerprint density at radius 1 is 1.60 bits per heavy atom. The van der Waals surface area contributed by atoms with Gasteiger partial charge in [-0.3, -0.25) is 9.59 Å². The minimum atomic E-state index is -1.03. The molecule has 3 nitrogen and oxygen atoms in total. The molecule has 0 saturated heterocycles. The lowest BCUT2D eigenvalue weighted by Crippen LogP contribution is -2.44. The number of fused-ring (bicyclic) bond motifs is 1. The molecule has 0 amide bonds. The second-order valence-corrected chi connectivity index (χ2v) is 5.23. The molecule has 0 bridgehead atoms. The zero-order valence-electron chi connectivity index (χ0n) is 11.6. The lowest BCUT2D eigenvalue weighted by atomic mass is 9.64. The Labute approximate surface area is 117 Å². The Morgan fingerprint density at radius 3 is 2.90 bits per heavy atom. The van der Waals surface area contributed by atoms with Crippen molar-refractivity contribution in [2.45, 2.75) is 25.2 Å². The molecule has 2 unspecified atom stereocenters. The highest BCUT2D eigenvalue weighted by Crippen LogP contribution is 2.43. The number of halogens is 1. The van der Waals surface area contributed by atoms with Gasteiger partial charge in [0.2, 0.25) is 0 Å². The molecule has 0 aromatic heterocycles. The summed E-state index contributed by atoms with van der Waals surface area (Å²) in [7, 11) is 1.30. The number of hydrogen-bond acceptors (Lipinski definition) is 3. The third-order valence-corrected chi connectivity index (χ3v) is 3.93. The average Bonchev–Trinajstić information content (AvgIpc) is 2.43. The van der Waals surface area contributed by atoms with Crippen molar-refractivity contribution in [2.75, 3.05) is 7.11 Å². The molecule has 20 heavy (non-hydrogen) atoms. The number of carbonyl (C=O) groups is 2. The van der Waals surface area contributed by atoms with Gasteiger partial charge in [0.25, 0.3) is 0 Å². The fraction of sp³-hybridized carbons (Fsp3) is 0.375. The summed E-state index contributed by atoms with van der Waals surface area (Å²) in [6, 6.07) is 3.95. The lowest BCUT2D eigenvalue weighted by Gasteiger charge is -2.38. The van der Waals surface area contributed by atoms with Crippen LogP contribution in [0.2, 0.25) is 0 Å². The lowest BCUT2D eigenvalue weighted by molar-refractivity contribution is -0.148. The molecule has 106 valence electrons. The van der Waals surface area contributed by atoms with Crippen LogP contribution >= 0.6 is 0 Å². The quantitative estimate of drug-likeness (QED) is 0.629. The van der Waals surface area contributed by atoms with Gasteiger partial charge in [0.1, 0.15) is 5.82 Å². The van der Waals surface area contributed by atoms with Crippen molar-refractivity contribution >= 4 is 11.8 Å². The number of Topliss-reactive ketones (excluding diaryl/α,β-unsaturated/α-hetero) is 1. The van der Waals surface area contributed by atoms with E-state index in [1.165, 1.54) is 25.3 Å². The van der Waals surface area contributed by atoms with Crippen LogP contribution in [0.15, 0.2) is 30.9 Å².